The highest BCUT2D eigenvalue weighted by Gasteiger charge is 2.34. The second-order valence-electron chi connectivity index (χ2n) is 10.5. The average molecular weight is 563 g/mol. The van der Waals surface area contributed by atoms with Crippen molar-refractivity contribution in [2.75, 3.05) is 19.9 Å². The third-order valence-electron chi connectivity index (χ3n) is 7.30. The lowest BCUT2D eigenvalue weighted by molar-refractivity contribution is 0.0587. The van der Waals surface area contributed by atoms with Crippen molar-refractivity contribution in [1.29, 1.82) is 10.5 Å². The summed E-state index contributed by atoms with van der Waals surface area (Å²) in [6, 6.07) is 20.4. The fourth-order valence-electron chi connectivity index (χ4n) is 5.31. The fourth-order valence-corrected chi connectivity index (χ4v) is 5.31. The number of hydrogen-bond acceptors (Lipinski definition) is 8. The number of benzene rings is 3. The number of nitrogens with zero attached hydrogens (tertiary/aromatic N) is 3. The van der Waals surface area contributed by atoms with Crippen LogP contribution in [0.3, 0.4) is 0 Å². The molecular weight excluding hydrogens is 532 g/mol. The molecule has 1 amide bonds. The quantitative estimate of drug-likeness (QED) is 0.299. The van der Waals surface area contributed by atoms with Gasteiger partial charge in [-0.3, -0.25) is 9.59 Å². The molecule has 3 aromatic carbocycles. The van der Waals surface area contributed by atoms with E-state index in [1.165, 1.54) is 0 Å². The van der Waals surface area contributed by atoms with Crippen LogP contribution >= 0.6 is 0 Å². The molecule has 1 atom stereocenters. The molecule has 2 heterocycles. The van der Waals surface area contributed by atoms with E-state index in [2.05, 4.69) is 12.1 Å². The fraction of sp³-hybridized carbons (Fsp3) is 0.273. The zero-order valence-corrected chi connectivity index (χ0v) is 23.4. The molecule has 4 aromatic rings. The Labute approximate surface area is 243 Å². The molecular formula is C33H30N4O5. The Morgan fingerprint density at radius 2 is 1.76 bits per heavy atom. The summed E-state index contributed by atoms with van der Waals surface area (Å²) in [5, 5.41) is 19.3. The van der Waals surface area contributed by atoms with Gasteiger partial charge in [0.25, 0.3) is 5.91 Å². The van der Waals surface area contributed by atoms with E-state index in [1.54, 1.807) is 59.5 Å². The van der Waals surface area contributed by atoms with Gasteiger partial charge in [0.05, 0.1) is 34.7 Å². The number of hydrogen-bond donors (Lipinski definition) is 1. The van der Waals surface area contributed by atoms with Gasteiger partial charge in [-0.05, 0) is 73.0 Å². The topological polar surface area (TPSA) is 143 Å². The van der Waals surface area contributed by atoms with E-state index >= 15 is 0 Å². The van der Waals surface area contributed by atoms with E-state index in [0.717, 1.165) is 5.56 Å². The third kappa shape index (κ3) is 5.56. The third-order valence-corrected chi connectivity index (χ3v) is 7.30. The van der Waals surface area contributed by atoms with Crippen LogP contribution in [0.4, 0.5) is 0 Å². The number of carbonyl (C=O) groups is 1. The lowest BCUT2D eigenvalue weighted by Crippen LogP contribution is -2.40. The van der Waals surface area contributed by atoms with E-state index in [4.69, 9.17) is 19.6 Å². The number of nitriles is 2. The molecule has 0 radical (unpaired) electrons. The monoisotopic (exact) mass is 562 g/mol. The molecule has 1 aliphatic rings. The molecule has 1 unspecified atom stereocenters. The van der Waals surface area contributed by atoms with E-state index in [0.29, 0.717) is 64.4 Å². The summed E-state index contributed by atoms with van der Waals surface area (Å²) in [6.07, 6.45) is 0.713. The molecule has 1 aromatic heterocycles. The molecule has 212 valence electrons. The standard InChI is InChI=1S/C33H30N4O5/c1-20(2)30(37(12-4-11-34)33(39)24-8-10-27-29(16-24)41-19-40-27)32-26(14-21-5-3-6-22(13-21)17-35)31(38)25-9-7-23(18-36)15-28(25)42-32/h3,5-10,13,15-16,20,30H,4,11-12,14,19,34H2,1-2H3. The second kappa shape index (κ2) is 12.2. The van der Waals surface area contributed by atoms with E-state index in [-0.39, 0.29) is 36.1 Å². The first-order valence-electron chi connectivity index (χ1n) is 13.7. The summed E-state index contributed by atoms with van der Waals surface area (Å²) < 4.78 is 17.4. The average Bonchev–Trinajstić information content (AvgIpc) is 3.48. The molecule has 9 heteroatoms. The van der Waals surface area contributed by atoms with Crippen molar-refractivity contribution in [2.24, 2.45) is 11.7 Å². The minimum atomic E-state index is -0.647. The molecule has 42 heavy (non-hydrogen) atoms. The maximum absolute atomic E-state index is 14.2. The van der Waals surface area contributed by atoms with Crippen molar-refractivity contribution in [3.05, 3.63) is 104 Å². The normalized spacial score (nSPS) is 12.6. The first-order chi connectivity index (χ1) is 20.3. The first-order valence-corrected chi connectivity index (χ1v) is 13.7. The first kappa shape index (κ1) is 28.4. The molecule has 0 saturated heterocycles. The molecule has 5 rings (SSSR count). The summed E-state index contributed by atoms with van der Waals surface area (Å²) in [6.45, 7) is 4.68. The highest BCUT2D eigenvalue weighted by atomic mass is 16.7. The Kier molecular flexibility index (Phi) is 8.24. The number of nitrogens with two attached hydrogens (primary N) is 1. The maximum Gasteiger partial charge on any atom is 0.254 e. The van der Waals surface area contributed by atoms with Gasteiger partial charge in [0.1, 0.15) is 11.3 Å². The predicted octanol–water partition coefficient (Wildman–Crippen LogP) is 5.04. The van der Waals surface area contributed by atoms with Crippen LogP contribution in [-0.2, 0) is 6.42 Å². The summed E-state index contributed by atoms with van der Waals surface area (Å²) in [5.74, 6) is 0.943. The Hall–Kier alpha value is -5.12. The van der Waals surface area contributed by atoms with Crippen molar-refractivity contribution < 1.29 is 18.7 Å². The lowest BCUT2D eigenvalue weighted by Gasteiger charge is -2.35. The zero-order chi connectivity index (χ0) is 29.8. The van der Waals surface area contributed by atoms with Crippen molar-refractivity contribution >= 4 is 16.9 Å². The Morgan fingerprint density at radius 1 is 1.00 bits per heavy atom. The Morgan fingerprint density at radius 3 is 2.50 bits per heavy atom. The minimum Gasteiger partial charge on any atom is -0.458 e. The van der Waals surface area contributed by atoms with Crippen molar-refractivity contribution in [3.63, 3.8) is 0 Å². The molecule has 0 spiro atoms. The SMILES string of the molecule is CC(C)C(c1oc2cc(C#N)ccc2c(=O)c1Cc1cccc(C#N)c1)N(CCCN)C(=O)c1ccc2c(c1)OCO2. The molecule has 0 fully saturated rings. The van der Waals surface area contributed by atoms with Crippen LogP contribution in [0.5, 0.6) is 11.5 Å². The summed E-state index contributed by atoms with van der Waals surface area (Å²) in [7, 11) is 0. The maximum atomic E-state index is 14.2. The van der Waals surface area contributed by atoms with E-state index < -0.39 is 6.04 Å². The molecule has 2 N–H and O–H groups in total. The van der Waals surface area contributed by atoms with Gasteiger partial charge in [-0.25, -0.2) is 0 Å². The summed E-state index contributed by atoms with van der Waals surface area (Å²) in [5.41, 5.74) is 8.28. The number of carbonyl (C=O) groups excluding carboxylic acids is 1. The van der Waals surface area contributed by atoms with Gasteiger partial charge in [-0.2, -0.15) is 10.5 Å². The molecule has 0 saturated carbocycles. The number of fused-ring (bicyclic) bond motifs is 2. The largest absolute Gasteiger partial charge is 0.458 e. The Bertz CT molecular complexity index is 1800. The van der Waals surface area contributed by atoms with Crippen LogP contribution in [0.1, 0.15) is 64.7 Å². The van der Waals surface area contributed by atoms with Gasteiger partial charge in [0.15, 0.2) is 16.9 Å². The van der Waals surface area contributed by atoms with Crippen LogP contribution in [0, 0.1) is 28.6 Å². The number of rotatable bonds is 9. The predicted molar refractivity (Wildman–Crippen MR) is 156 cm³/mol. The van der Waals surface area contributed by atoms with E-state index in [9.17, 15) is 20.1 Å². The molecule has 0 bridgehead atoms. The zero-order valence-electron chi connectivity index (χ0n) is 23.4. The second-order valence-corrected chi connectivity index (χ2v) is 10.5. The number of ether oxygens (including phenoxy) is 2. The highest BCUT2D eigenvalue weighted by Crippen LogP contribution is 2.37. The van der Waals surface area contributed by atoms with E-state index in [1.807, 2.05) is 19.9 Å². The molecule has 9 nitrogen and oxygen atoms in total. The van der Waals surface area contributed by atoms with Crippen LogP contribution in [0.2, 0.25) is 0 Å². The van der Waals surface area contributed by atoms with Gasteiger partial charge in [-0.1, -0.05) is 26.0 Å². The van der Waals surface area contributed by atoms with Crippen LogP contribution in [0.15, 0.2) is 69.9 Å². The molecule has 1 aliphatic heterocycles. The minimum absolute atomic E-state index is 0.0851. The van der Waals surface area contributed by atoms with Gasteiger partial charge in [0.2, 0.25) is 6.79 Å². The van der Waals surface area contributed by atoms with Gasteiger partial charge >= 0.3 is 0 Å². The van der Waals surface area contributed by atoms with Gasteiger partial charge < -0.3 is 24.5 Å². The van der Waals surface area contributed by atoms with Gasteiger partial charge in [0, 0.05) is 24.1 Å². The lowest BCUT2D eigenvalue weighted by atomic mass is 9.91. The smallest absolute Gasteiger partial charge is 0.254 e. The Balaban J connectivity index is 1.70. The highest BCUT2D eigenvalue weighted by molar-refractivity contribution is 5.95. The van der Waals surface area contributed by atoms with Gasteiger partial charge in [-0.15, -0.1) is 0 Å². The number of amides is 1. The van der Waals surface area contributed by atoms with Crippen LogP contribution in [-0.4, -0.2) is 30.7 Å². The molecule has 0 aliphatic carbocycles. The van der Waals surface area contributed by atoms with Crippen LogP contribution < -0.4 is 20.6 Å². The van der Waals surface area contributed by atoms with Crippen molar-refractivity contribution in [1.82, 2.24) is 4.90 Å². The van der Waals surface area contributed by atoms with Crippen molar-refractivity contribution in [3.8, 4) is 23.6 Å². The van der Waals surface area contributed by atoms with Crippen molar-refractivity contribution in [2.45, 2.75) is 32.7 Å². The summed E-state index contributed by atoms with van der Waals surface area (Å²) >= 11 is 0. The van der Waals surface area contributed by atoms with Crippen LogP contribution in [0.25, 0.3) is 11.0 Å². The summed E-state index contributed by atoms with van der Waals surface area (Å²) in [4.78, 5) is 29.9.